The van der Waals surface area contributed by atoms with Crippen molar-refractivity contribution in [3.05, 3.63) is 66.0 Å². The Balaban J connectivity index is 1.76. The summed E-state index contributed by atoms with van der Waals surface area (Å²) < 4.78 is 5.43. The summed E-state index contributed by atoms with van der Waals surface area (Å²) in [6.45, 7) is 0. The molecule has 1 aliphatic heterocycles. The third-order valence-corrected chi connectivity index (χ3v) is 2.80. The minimum absolute atomic E-state index is 0.0422. The SMILES string of the molecule is O=C(c1ccccn1)[C@H]1O[C@@H]1c1ccccc1. The molecule has 2 atom stereocenters. The number of ketones is 1. The summed E-state index contributed by atoms with van der Waals surface area (Å²) in [7, 11) is 0. The van der Waals surface area contributed by atoms with Crippen LogP contribution in [0.2, 0.25) is 0 Å². The molecule has 1 aliphatic rings. The second-order valence-electron chi connectivity index (χ2n) is 3.97. The van der Waals surface area contributed by atoms with Crippen molar-refractivity contribution in [3.8, 4) is 0 Å². The van der Waals surface area contributed by atoms with Crippen LogP contribution in [0.25, 0.3) is 0 Å². The number of aromatic nitrogens is 1. The zero-order valence-corrected chi connectivity index (χ0v) is 9.11. The van der Waals surface area contributed by atoms with E-state index in [2.05, 4.69) is 4.98 Å². The number of Topliss-reactive ketones (excluding diaryl/α,β-unsaturated/α-hetero) is 1. The Hall–Kier alpha value is -2.00. The van der Waals surface area contributed by atoms with Crippen LogP contribution in [0.5, 0.6) is 0 Å². The van der Waals surface area contributed by atoms with Gasteiger partial charge in [-0.3, -0.25) is 9.78 Å². The van der Waals surface area contributed by atoms with Crippen molar-refractivity contribution in [3.63, 3.8) is 0 Å². The first kappa shape index (κ1) is 10.2. The smallest absolute Gasteiger partial charge is 0.212 e. The minimum Gasteiger partial charge on any atom is -0.356 e. The number of rotatable bonds is 3. The molecular weight excluding hydrogens is 214 g/mol. The maximum atomic E-state index is 12.0. The lowest BCUT2D eigenvalue weighted by atomic mass is 10.1. The van der Waals surface area contributed by atoms with Crippen molar-refractivity contribution >= 4 is 5.78 Å². The van der Waals surface area contributed by atoms with Gasteiger partial charge in [0.05, 0.1) is 0 Å². The van der Waals surface area contributed by atoms with Gasteiger partial charge in [-0.2, -0.15) is 0 Å². The first-order valence-electron chi connectivity index (χ1n) is 5.52. The zero-order chi connectivity index (χ0) is 11.7. The highest BCUT2D eigenvalue weighted by Gasteiger charge is 2.46. The Morgan fingerprint density at radius 1 is 1.06 bits per heavy atom. The van der Waals surface area contributed by atoms with Crippen LogP contribution in [0, 0.1) is 0 Å². The molecule has 1 saturated heterocycles. The van der Waals surface area contributed by atoms with E-state index in [0.717, 1.165) is 5.56 Å². The molecule has 0 radical (unpaired) electrons. The van der Waals surface area contributed by atoms with E-state index in [-0.39, 0.29) is 18.0 Å². The predicted octanol–water partition coefficient (Wildman–Crippen LogP) is 2.40. The second kappa shape index (κ2) is 4.11. The number of carbonyl (C=O) groups excluding carboxylic acids is 1. The Bertz CT molecular complexity index is 524. The maximum absolute atomic E-state index is 12.0. The number of epoxide rings is 1. The number of hydrogen-bond acceptors (Lipinski definition) is 3. The summed E-state index contributed by atoms with van der Waals surface area (Å²) in [6, 6.07) is 15.1. The first-order chi connectivity index (χ1) is 8.36. The fraction of sp³-hybridized carbons (Fsp3) is 0.143. The van der Waals surface area contributed by atoms with Gasteiger partial charge >= 0.3 is 0 Å². The number of benzene rings is 1. The molecule has 17 heavy (non-hydrogen) atoms. The summed E-state index contributed by atoms with van der Waals surface area (Å²) in [5, 5.41) is 0. The summed E-state index contributed by atoms with van der Waals surface area (Å²) in [5.41, 5.74) is 1.51. The Morgan fingerprint density at radius 3 is 2.53 bits per heavy atom. The van der Waals surface area contributed by atoms with Gasteiger partial charge in [-0.1, -0.05) is 36.4 Å². The van der Waals surface area contributed by atoms with Crippen molar-refractivity contribution < 1.29 is 9.53 Å². The summed E-state index contributed by atoms with van der Waals surface area (Å²) >= 11 is 0. The highest BCUT2D eigenvalue weighted by Crippen LogP contribution is 2.40. The Kier molecular flexibility index (Phi) is 2.46. The van der Waals surface area contributed by atoms with Gasteiger partial charge in [0, 0.05) is 6.20 Å². The Labute approximate surface area is 99.1 Å². The van der Waals surface area contributed by atoms with E-state index in [9.17, 15) is 4.79 Å². The molecule has 0 spiro atoms. The quantitative estimate of drug-likeness (QED) is 0.595. The van der Waals surface area contributed by atoms with Gasteiger partial charge in [0.2, 0.25) is 5.78 Å². The average molecular weight is 225 g/mol. The third-order valence-electron chi connectivity index (χ3n) is 2.80. The van der Waals surface area contributed by atoms with E-state index >= 15 is 0 Å². The monoisotopic (exact) mass is 225 g/mol. The lowest BCUT2D eigenvalue weighted by molar-refractivity contribution is 0.0949. The molecule has 0 unspecified atom stereocenters. The molecule has 0 aliphatic carbocycles. The predicted molar refractivity (Wildman–Crippen MR) is 62.6 cm³/mol. The van der Waals surface area contributed by atoms with Crippen LogP contribution >= 0.6 is 0 Å². The minimum atomic E-state index is -0.368. The van der Waals surface area contributed by atoms with E-state index in [0.29, 0.717) is 5.69 Å². The van der Waals surface area contributed by atoms with Gasteiger partial charge < -0.3 is 4.74 Å². The van der Waals surface area contributed by atoms with Crippen molar-refractivity contribution in [2.24, 2.45) is 0 Å². The average Bonchev–Trinajstić information content (AvgIpc) is 3.20. The molecule has 3 rings (SSSR count). The fourth-order valence-electron chi connectivity index (χ4n) is 1.86. The van der Waals surface area contributed by atoms with Crippen molar-refractivity contribution in [2.75, 3.05) is 0 Å². The van der Waals surface area contributed by atoms with Crippen molar-refractivity contribution in [1.82, 2.24) is 4.98 Å². The van der Waals surface area contributed by atoms with Crippen molar-refractivity contribution in [1.29, 1.82) is 0 Å². The number of ether oxygens (including phenoxy) is 1. The van der Waals surface area contributed by atoms with E-state index < -0.39 is 0 Å². The highest BCUT2D eigenvalue weighted by molar-refractivity contribution is 5.99. The molecule has 1 fully saturated rings. The van der Waals surface area contributed by atoms with Crippen LogP contribution in [0.3, 0.4) is 0 Å². The number of hydrogen-bond donors (Lipinski definition) is 0. The van der Waals surface area contributed by atoms with Gasteiger partial charge in [-0.15, -0.1) is 0 Å². The van der Waals surface area contributed by atoms with E-state index in [1.807, 2.05) is 30.3 Å². The molecule has 0 saturated carbocycles. The lowest BCUT2D eigenvalue weighted by Gasteiger charge is -1.96. The number of nitrogens with zero attached hydrogens (tertiary/aromatic N) is 1. The molecule has 2 heterocycles. The van der Waals surface area contributed by atoms with Gasteiger partial charge in [-0.25, -0.2) is 0 Å². The maximum Gasteiger partial charge on any atom is 0.212 e. The molecular formula is C14H11NO2. The first-order valence-corrected chi connectivity index (χ1v) is 5.52. The van der Waals surface area contributed by atoms with Crippen molar-refractivity contribution in [2.45, 2.75) is 12.2 Å². The van der Waals surface area contributed by atoms with Crippen LogP contribution in [-0.2, 0) is 4.74 Å². The van der Waals surface area contributed by atoms with Crippen LogP contribution in [-0.4, -0.2) is 16.9 Å². The normalized spacial score (nSPS) is 22.1. The molecule has 2 aromatic rings. The molecule has 1 aromatic carbocycles. The number of pyridine rings is 1. The Morgan fingerprint density at radius 2 is 1.82 bits per heavy atom. The highest BCUT2D eigenvalue weighted by atomic mass is 16.6. The van der Waals surface area contributed by atoms with E-state index in [1.54, 1.807) is 24.4 Å². The number of carbonyl (C=O) groups is 1. The van der Waals surface area contributed by atoms with Gasteiger partial charge in [-0.05, 0) is 17.7 Å². The molecule has 1 aromatic heterocycles. The summed E-state index contributed by atoms with van der Waals surface area (Å²) in [5.74, 6) is -0.0422. The van der Waals surface area contributed by atoms with E-state index in [1.165, 1.54) is 0 Å². The lowest BCUT2D eigenvalue weighted by Crippen LogP contribution is -2.09. The molecule has 0 N–H and O–H groups in total. The third kappa shape index (κ3) is 1.97. The molecule has 0 bridgehead atoms. The summed E-state index contributed by atoms with van der Waals surface area (Å²) in [6.07, 6.45) is 1.14. The zero-order valence-electron chi connectivity index (χ0n) is 9.11. The van der Waals surface area contributed by atoms with Crippen LogP contribution < -0.4 is 0 Å². The molecule has 0 amide bonds. The molecule has 3 nitrogen and oxygen atoms in total. The van der Waals surface area contributed by atoms with Crippen LogP contribution in [0.15, 0.2) is 54.7 Å². The molecule has 3 heteroatoms. The van der Waals surface area contributed by atoms with Crippen LogP contribution in [0.4, 0.5) is 0 Å². The largest absolute Gasteiger partial charge is 0.356 e. The van der Waals surface area contributed by atoms with Gasteiger partial charge in [0.1, 0.15) is 11.8 Å². The topological polar surface area (TPSA) is 42.5 Å². The summed E-state index contributed by atoms with van der Waals surface area (Å²) in [4.78, 5) is 16.0. The van der Waals surface area contributed by atoms with E-state index in [4.69, 9.17) is 4.74 Å². The fourth-order valence-corrected chi connectivity index (χ4v) is 1.86. The van der Waals surface area contributed by atoms with Gasteiger partial charge in [0.25, 0.3) is 0 Å². The van der Waals surface area contributed by atoms with Crippen LogP contribution in [0.1, 0.15) is 22.2 Å². The van der Waals surface area contributed by atoms with Gasteiger partial charge in [0.15, 0.2) is 6.10 Å². The molecule has 84 valence electrons. The standard InChI is InChI=1S/C14H11NO2/c16-12(11-8-4-5-9-15-11)14-13(17-14)10-6-2-1-3-7-10/h1-9,13-14H/t13-,14-/m1/s1. The second-order valence-corrected chi connectivity index (χ2v) is 3.97.